The van der Waals surface area contributed by atoms with Gasteiger partial charge >= 0.3 is 5.97 Å². The Balaban J connectivity index is 2.01. The molecule has 1 fully saturated rings. The molecule has 0 saturated carbocycles. The Morgan fingerprint density at radius 3 is 2.81 bits per heavy atom. The first kappa shape index (κ1) is 16.3. The normalized spacial score (nSPS) is 32.4. The van der Waals surface area contributed by atoms with Gasteiger partial charge in [0.1, 0.15) is 18.0 Å². The van der Waals surface area contributed by atoms with E-state index in [1.165, 1.54) is 6.92 Å². The molecular formula is C15H24O6. The SMILES string of the molecule is CCCC(OC(C)=O)C1=C[C@@H](O)[C@@H]([C@H]2COC(C)(C)O2)O1. The number of aliphatic hydroxyl groups excluding tert-OH is 1. The summed E-state index contributed by atoms with van der Waals surface area (Å²) in [5.41, 5.74) is 0. The Morgan fingerprint density at radius 1 is 1.57 bits per heavy atom. The van der Waals surface area contributed by atoms with Crippen molar-refractivity contribution in [1.29, 1.82) is 0 Å². The molecule has 2 aliphatic rings. The van der Waals surface area contributed by atoms with Crippen molar-refractivity contribution < 1.29 is 28.8 Å². The van der Waals surface area contributed by atoms with Crippen LogP contribution in [0.3, 0.4) is 0 Å². The Labute approximate surface area is 125 Å². The third kappa shape index (κ3) is 3.96. The van der Waals surface area contributed by atoms with Gasteiger partial charge in [-0.25, -0.2) is 0 Å². The molecule has 1 unspecified atom stereocenters. The molecule has 120 valence electrons. The fourth-order valence-corrected chi connectivity index (χ4v) is 2.61. The van der Waals surface area contributed by atoms with E-state index >= 15 is 0 Å². The minimum Gasteiger partial charge on any atom is -0.485 e. The first-order chi connectivity index (χ1) is 9.82. The summed E-state index contributed by atoms with van der Waals surface area (Å²) in [5.74, 6) is -0.537. The summed E-state index contributed by atoms with van der Waals surface area (Å²) in [6.45, 7) is 7.36. The molecule has 0 aromatic carbocycles. The molecule has 4 atom stereocenters. The summed E-state index contributed by atoms with van der Waals surface area (Å²) in [6, 6.07) is 0. The largest absolute Gasteiger partial charge is 0.485 e. The molecule has 0 aliphatic carbocycles. The van der Waals surface area contributed by atoms with Crippen LogP contribution in [-0.2, 0) is 23.7 Å². The van der Waals surface area contributed by atoms with E-state index < -0.39 is 24.1 Å². The van der Waals surface area contributed by atoms with Gasteiger partial charge in [-0.15, -0.1) is 0 Å². The number of aliphatic hydroxyl groups is 1. The zero-order valence-corrected chi connectivity index (χ0v) is 13.0. The van der Waals surface area contributed by atoms with E-state index in [1.807, 2.05) is 20.8 Å². The molecule has 1 N–H and O–H groups in total. The van der Waals surface area contributed by atoms with Crippen molar-refractivity contribution in [3.8, 4) is 0 Å². The van der Waals surface area contributed by atoms with E-state index in [4.69, 9.17) is 18.9 Å². The summed E-state index contributed by atoms with van der Waals surface area (Å²) in [6.07, 6.45) is 0.969. The molecule has 2 aliphatic heterocycles. The smallest absolute Gasteiger partial charge is 0.303 e. The number of hydrogen-bond acceptors (Lipinski definition) is 6. The van der Waals surface area contributed by atoms with Crippen LogP contribution >= 0.6 is 0 Å². The molecule has 0 amide bonds. The molecule has 2 rings (SSSR count). The highest BCUT2D eigenvalue weighted by atomic mass is 16.8. The lowest BCUT2D eigenvalue weighted by molar-refractivity contribution is -0.160. The zero-order valence-electron chi connectivity index (χ0n) is 13.0. The molecule has 0 aromatic heterocycles. The number of carbonyl (C=O) groups is 1. The van der Waals surface area contributed by atoms with Crippen molar-refractivity contribution in [3.05, 3.63) is 11.8 Å². The minimum atomic E-state index is -0.794. The second-order valence-electron chi connectivity index (χ2n) is 5.90. The molecule has 2 heterocycles. The van der Waals surface area contributed by atoms with Crippen LogP contribution in [0, 0.1) is 0 Å². The standard InChI is InChI=1S/C15H24O6/c1-5-6-11(19-9(2)16)12-7-10(17)14(20-12)13-8-18-15(3,4)21-13/h7,10-11,13-14,17H,5-6,8H2,1-4H3/t10-,11?,13-,14+/m1/s1. The van der Waals surface area contributed by atoms with Gasteiger partial charge < -0.3 is 24.1 Å². The first-order valence-corrected chi connectivity index (χ1v) is 7.38. The van der Waals surface area contributed by atoms with Gasteiger partial charge in [0.05, 0.1) is 6.61 Å². The average Bonchev–Trinajstić information content (AvgIpc) is 2.91. The van der Waals surface area contributed by atoms with Crippen molar-refractivity contribution in [2.45, 2.75) is 70.7 Å². The molecular weight excluding hydrogens is 276 g/mol. The van der Waals surface area contributed by atoms with Gasteiger partial charge in [-0.05, 0) is 26.3 Å². The quantitative estimate of drug-likeness (QED) is 0.776. The van der Waals surface area contributed by atoms with E-state index in [2.05, 4.69) is 0 Å². The van der Waals surface area contributed by atoms with Crippen LogP contribution in [0.15, 0.2) is 11.8 Å². The van der Waals surface area contributed by atoms with E-state index in [0.717, 1.165) is 6.42 Å². The van der Waals surface area contributed by atoms with E-state index in [1.54, 1.807) is 6.08 Å². The Morgan fingerprint density at radius 2 is 2.29 bits per heavy atom. The Hall–Kier alpha value is -1.11. The zero-order chi connectivity index (χ0) is 15.6. The molecule has 0 bridgehead atoms. The van der Waals surface area contributed by atoms with Gasteiger partial charge in [0.25, 0.3) is 0 Å². The maximum atomic E-state index is 11.2. The molecule has 0 spiro atoms. The molecule has 0 aromatic rings. The van der Waals surface area contributed by atoms with Crippen LogP contribution in [0.25, 0.3) is 0 Å². The van der Waals surface area contributed by atoms with Crippen LogP contribution in [0.2, 0.25) is 0 Å². The molecule has 6 nitrogen and oxygen atoms in total. The van der Waals surface area contributed by atoms with Crippen LogP contribution < -0.4 is 0 Å². The van der Waals surface area contributed by atoms with Gasteiger partial charge in [0, 0.05) is 6.92 Å². The van der Waals surface area contributed by atoms with Crippen molar-refractivity contribution in [2.75, 3.05) is 6.61 Å². The van der Waals surface area contributed by atoms with Gasteiger partial charge in [-0.1, -0.05) is 13.3 Å². The lowest BCUT2D eigenvalue weighted by atomic mass is 10.1. The fourth-order valence-electron chi connectivity index (χ4n) is 2.61. The van der Waals surface area contributed by atoms with Gasteiger partial charge in [0.2, 0.25) is 0 Å². The summed E-state index contributed by atoms with van der Waals surface area (Å²) in [4.78, 5) is 11.2. The first-order valence-electron chi connectivity index (χ1n) is 7.38. The van der Waals surface area contributed by atoms with E-state index in [0.29, 0.717) is 18.8 Å². The predicted octanol–water partition coefficient (Wildman–Crippen LogP) is 1.51. The highest BCUT2D eigenvalue weighted by molar-refractivity contribution is 5.66. The van der Waals surface area contributed by atoms with Crippen LogP contribution in [0.5, 0.6) is 0 Å². The van der Waals surface area contributed by atoms with E-state index in [-0.39, 0.29) is 12.1 Å². The lowest BCUT2D eigenvalue weighted by Gasteiger charge is -2.25. The van der Waals surface area contributed by atoms with Crippen LogP contribution in [0.1, 0.15) is 40.5 Å². The van der Waals surface area contributed by atoms with Gasteiger partial charge in [-0.3, -0.25) is 4.79 Å². The van der Waals surface area contributed by atoms with E-state index in [9.17, 15) is 9.90 Å². The average molecular weight is 300 g/mol. The second-order valence-corrected chi connectivity index (χ2v) is 5.90. The summed E-state index contributed by atoms with van der Waals surface area (Å²) >= 11 is 0. The molecule has 6 heteroatoms. The Bertz CT molecular complexity index is 416. The van der Waals surface area contributed by atoms with Crippen molar-refractivity contribution in [3.63, 3.8) is 0 Å². The van der Waals surface area contributed by atoms with Crippen LogP contribution in [0.4, 0.5) is 0 Å². The van der Waals surface area contributed by atoms with Crippen molar-refractivity contribution >= 4 is 5.97 Å². The maximum absolute atomic E-state index is 11.2. The summed E-state index contributed by atoms with van der Waals surface area (Å²) in [7, 11) is 0. The molecule has 0 radical (unpaired) electrons. The number of rotatable bonds is 5. The number of carbonyl (C=O) groups excluding carboxylic acids is 1. The topological polar surface area (TPSA) is 74.2 Å². The lowest BCUT2D eigenvalue weighted by Crippen LogP contribution is -2.38. The summed E-state index contributed by atoms with van der Waals surface area (Å²) in [5, 5.41) is 10.2. The van der Waals surface area contributed by atoms with Crippen LogP contribution in [-0.4, -0.2) is 47.9 Å². The minimum absolute atomic E-state index is 0.344. The second kappa shape index (κ2) is 6.34. The van der Waals surface area contributed by atoms with Gasteiger partial charge in [-0.2, -0.15) is 0 Å². The molecule has 1 saturated heterocycles. The number of hydrogen-bond donors (Lipinski definition) is 1. The fraction of sp³-hybridized carbons (Fsp3) is 0.800. The highest BCUT2D eigenvalue weighted by Gasteiger charge is 2.44. The highest BCUT2D eigenvalue weighted by Crippen LogP contribution is 2.33. The van der Waals surface area contributed by atoms with Gasteiger partial charge in [0.15, 0.2) is 18.0 Å². The predicted molar refractivity (Wildman–Crippen MR) is 74.3 cm³/mol. The Kier molecular flexibility index (Phi) is 4.91. The molecule has 21 heavy (non-hydrogen) atoms. The van der Waals surface area contributed by atoms with Crippen molar-refractivity contribution in [2.24, 2.45) is 0 Å². The summed E-state index contributed by atoms with van der Waals surface area (Å²) < 4.78 is 22.3. The maximum Gasteiger partial charge on any atom is 0.303 e. The number of esters is 1. The third-order valence-electron chi connectivity index (χ3n) is 3.52. The third-order valence-corrected chi connectivity index (χ3v) is 3.52. The van der Waals surface area contributed by atoms with Crippen molar-refractivity contribution in [1.82, 2.24) is 0 Å². The number of ether oxygens (including phenoxy) is 4. The monoisotopic (exact) mass is 300 g/mol.